The fourth-order valence-corrected chi connectivity index (χ4v) is 5.35. The van der Waals surface area contributed by atoms with Gasteiger partial charge in [-0.05, 0) is 41.8 Å². The molecular weight excluding hydrogens is 476 g/mol. The van der Waals surface area contributed by atoms with Crippen LogP contribution in [0, 0.1) is 0 Å². The number of nitrogens with zero attached hydrogens (tertiary/aromatic N) is 3. The molecule has 3 aromatic carbocycles. The number of ketones is 1. The number of H-pyrrole nitrogens is 1. The van der Waals surface area contributed by atoms with Crippen molar-refractivity contribution >= 4 is 43.3 Å². The number of hydrogen-bond donors (Lipinski definition) is 3. The van der Waals surface area contributed by atoms with E-state index < -0.39 is 10.0 Å². The molecule has 0 aliphatic heterocycles. The number of carbonyl (C=O) groups is 1. The Balaban J connectivity index is 1.53. The maximum atomic E-state index is 13.4. The predicted molar refractivity (Wildman–Crippen MR) is 140 cm³/mol. The zero-order valence-corrected chi connectivity index (χ0v) is 20.3. The molecule has 0 radical (unpaired) electrons. The summed E-state index contributed by atoms with van der Waals surface area (Å²) in [5, 5.41) is 1.94. The number of aromatic amines is 1. The van der Waals surface area contributed by atoms with E-state index in [0.717, 1.165) is 16.3 Å². The van der Waals surface area contributed by atoms with Gasteiger partial charge in [0, 0.05) is 60.3 Å². The number of hydrogen-bond acceptors (Lipinski definition) is 7. The van der Waals surface area contributed by atoms with Gasteiger partial charge in [0.05, 0.1) is 15.9 Å². The lowest BCUT2D eigenvalue weighted by Gasteiger charge is -2.15. The van der Waals surface area contributed by atoms with Crippen LogP contribution in [0.25, 0.3) is 32.9 Å². The highest BCUT2D eigenvalue weighted by Crippen LogP contribution is 2.33. The van der Waals surface area contributed by atoms with Gasteiger partial charge >= 0.3 is 0 Å². The van der Waals surface area contributed by atoms with Crippen molar-refractivity contribution in [2.24, 2.45) is 5.73 Å². The van der Waals surface area contributed by atoms with Gasteiger partial charge in [-0.25, -0.2) is 13.4 Å². The zero-order valence-electron chi connectivity index (χ0n) is 19.5. The van der Waals surface area contributed by atoms with Gasteiger partial charge in [0.25, 0.3) is 0 Å². The van der Waals surface area contributed by atoms with Crippen LogP contribution in [0.15, 0.2) is 78.0 Å². The number of likely N-dealkylation sites (N-methyl/N-ethyl adjacent to an activating group) is 1. The van der Waals surface area contributed by atoms with Crippen molar-refractivity contribution in [1.29, 1.82) is 0 Å². The lowest BCUT2D eigenvalue weighted by atomic mass is 9.96. The smallest absolute Gasteiger partial charge is 0.242 e. The highest BCUT2D eigenvalue weighted by atomic mass is 32.2. The van der Waals surface area contributed by atoms with E-state index in [0.29, 0.717) is 27.8 Å². The van der Waals surface area contributed by atoms with Crippen LogP contribution in [-0.2, 0) is 10.0 Å². The molecule has 0 spiro atoms. The molecule has 0 aliphatic carbocycles. The Labute approximate surface area is 207 Å². The van der Waals surface area contributed by atoms with Gasteiger partial charge in [0.15, 0.2) is 5.82 Å². The van der Waals surface area contributed by atoms with Crippen LogP contribution < -0.4 is 11.5 Å². The van der Waals surface area contributed by atoms with Crippen molar-refractivity contribution in [3.63, 3.8) is 0 Å². The molecule has 9 nitrogen and oxygen atoms in total. The summed E-state index contributed by atoms with van der Waals surface area (Å²) in [5.74, 6) is -0.244. The first kappa shape index (κ1) is 23.6. The molecule has 2 aromatic heterocycles. The van der Waals surface area contributed by atoms with Crippen molar-refractivity contribution in [2.45, 2.75) is 4.90 Å². The number of anilines is 1. The molecule has 0 saturated carbocycles. The monoisotopic (exact) mass is 500 g/mol. The molecular formula is C26H24N6O3S. The quantitative estimate of drug-likeness (QED) is 0.230. The zero-order chi connectivity index (χ0) is 25.4. The van der Waals surface area contributed by atoms with E-state index in [1.54, 1.807) is 36.7 Å². The van der Waals surface area contributed by atoms with Crippen LogP contribution in [0.3, 0.4) is 0 Å². The number of fused-ring (bicyclic) bond motifs is 2. The molecule has 0 amide bonds. The van der Waals surface area contributed by atoms with E-state index in [4.69, 9.17) is 11.5 Å². The highest BCUT2D eigenvalue weighted by molar-refractivity contribution is 7.89. The summed E-state index contributed by atoms with van der Waals surface area (Å²) in [6.45, 7) is 0.401. The van der Waals surface area contributed by atoms with E-state index in [1.807, 2.05) is 24.3 Å². The number of nitrogens with two attached hydrogens (primary N) is 2. The molecule has 0 saturated heterocycles. The molecule has 0 bridgehead atoms. The van der Waals surface area contributed by atoms with Gasteiger partial charge in [-0.1, -0.05) is 24.3 Å². The third-order valence-corrected chi connectivity index (χ3v) is 7.95. The Bertz CT molecular complexity index is 1720. The van der Waals surface area contributed by atoms with Crippen molar-refractivity contribution < 1.29 is 13.2 Å². The maximum Gasteiger partial charge on any atom is 0.242 e. The average molecular weight is 501 g/mol. The second-order valence-electron chi connectivity index (χ2n) is 8.42. The summed E-state index contributed by atoms with van der Waals surface area (Å²) < 4.78 is 26.7. The van der Waals surface area contributed by atoms with Crippen molar-refractivity contribution in [3.05, 3.63) is 84.4 Å². The van der Waals surface area contributed by atoms with Gasteiger partial charge in [-0.15, -0.1) is 0 Å². The highest BCUT2D eigenvalue weighted by Gasteiger charge is 2.22. The average Bonchev–Trinajstić information content (AvgIpc) is 3.32. The Morgan fingerprint density at radius 3 is 2.64 bits per heavy atom. The van der Waals surface area contributed by atoms with E-state index >= 15 is 0 Å². The molecule has 5 aromatic rings. The summed E-state index contributed by atoms with van der Waals surface area (Å²) in [6.07, 6.45) is 3.51. The van der Waals surface area contributed by atoms with Crippen molar-refractivity contribution in [2.75, 3.05) is 25.9 Å². The topological polar surface area (TPSA) is 148 Å². The third kappa shape index (κ3) is 4.11. The van der Waals surface area contributed by atoms with Crippen LogP contribution in [0.4, 0.5) is 5.69 Å². The number of benzene rings is 3. The molecule has 0 aliphatic rings. The second kappa shape index (κ2) is 9.15. The first-order valence-electron chi connectivity index (χ1n) is 11.2. The number of aromatic nitrogens is 3. The minimum atomic E-state index is -3.71. The number of sulfonamides is 1. The fourth-order valence-electron chi connectivity index (χ4n) is 4.14. The minimum absolute atomic E-state index is 0.0897. The summed E-state index contributed by atoms with van der Waals surface area (Å²) in [6, 6.07) is 17.4. The molecule has 0 unspecified atom stereocenters. The van der Waals surface area contributed by atoms with E-state index in [-0.39, 0.29) is 29.6 Å². The van der Waals surface area contributed by atoms with Crippen molar-refractivity contribution in [1.82, 2.24) is 19.3 Å². The van der Waals surface area contributed by atoms with Crippen LogP contribution in [0.1, 0.15) is 16.2 Å². The minimum Gasteiger partial charge on any atom is -0.398 e. The van der Waals surface area contributed by atoms with Gasteiger partial charge in [-0.3, -0.25) is 9.78 Å². The standard InChI is InChI=1S/C26H24N6O3S/c1-32(11-10-27)36(34,35)18-7-9-23-24(13-18)31-26(30-23)25(33)16-6-8-22(28)20(12-16)21-15-29-14-17-4-2-3-5-19(17)21/h2-9,12-15H,10-11,27-28H2,1H3,(H,30,31). The Hall–Kier alpha value is -4.12. The molecule has 0 fully saturated rings. The van der Waals surface area contributed by atoms with Crippen LogP contribution in [0.5, 0.6) is 0 Å². The largest absolute Gasteiger partial charge is 0.398 e. The third-order valence-electron chi connectivity index (χ3n) is 6.09. The summed E-state index contributed by atoms with van der Waals surface area (Å²) >= 11 is 0. The number of imidazole rings is 1. The van der Waals surface area contributed by atoms with Gasteiger partial charge in [0.1, 0.15) is 0 Å². The lowest BCUT2D eigenvalue weighted by Crippen LogP contribution is -2.31. The first-order valence-corrected chi connectivity index (χ1v) is 12.7. The normalized spacial score (nSPS) is 12.0. The number of carbonyl (C=O) groups excluding carboxylic acids is 1. The second-order valence-corrected chi connectivity index (χ2v) is 10.5. The van der Waals surface area contributed by atoms with Gasteiger partial charge in [0.2, 0.25) is 15.8 Å². The number of rotatable bonds is 7. The molecule has 0 atom stereocenters. The van der Waals surface area contributed by atoms with Gasteiger partial charge < -0.3 is 16.5 Å². The van der Waals surface area contributed by atoms with E-state index in [1.165, 1.54) is 23.5 Å². The molecule has 182 valence electrons. The Morgan fingerprint density at radius 1 is 1.03 bits per heavy atom. The molecule has 5 N–H and O–H groups in total. The molecule has 5 rings (SSSR count). The summed E-state index contributed by atoms with van der Waals surface area (Å²) in [7, 11) is -2.24. The molecule has 36 heavy (non-hydrogen) atoms. The van der Waals surface area contributed by atoms with E-state index in [9.17, 15) is 13.2 Å². The summed E-state index contributed by atoms with van der Waals surface area (Å²) in [5.41, 5.74) is 15.1. The number of nitrogen functional groups attached to an aromatic ring is 1. The van der Waals surface area contributed by atoms with Crippen LogP contribution >= 0.6 is 0 Å². The lowest BCUT2D eigenvalue weighted by molar-refractivity contribution is 0.103. The van der Waals surface area contributed by atoms with Crippen LogP contribution in [0.2, 0.25) is 0 Å². The fraction of sp³-hybridized carbons (Fsp3) is 0.115. The SMILES string of the molecule is CN(CCN)S(=O)(=O)c1ccc2nc(C(=O)c3ccc(N)c(-c4cncc5ccccc45)c3)[nH]c2c1. The predicted octanol–water partition coefficient (Wildman–Crippen LogP) is 3.17. The first-order chi connectivity index (χ1) is 17.3. The Morgan fingerprint density at radius 2 is 1.83 bits per heavy atom. The molecule has 2 heterocycles. The van der Waals surface area contributed by atoms with E-state index in [2.05, 4.69) is 15.0 Å². The number of pyridine rings is 1. The number of nitrogens with one attached hydrogen (secondary N) is 1. The molecule has 10 heteroatoms. The summed E-state index contributed by atoms with van der Waals surface area (Å²) in [4.78, 5) is 25.1. The maximum absolute atomic E-state index is 13.4. The van der Waals surface area contributed by atoms with Crippen LogP contribution in [-0.4, -0.2) is 53.6 Å². The van der Waals surface area contributed by atoms with Gasteiger partial charge in [-0.2, -0.15) is 4.31 Å². The van der Waals surface area contributed by atoms with Crippen molar-refractivity contribution in [3.8, 4) is 11.1 Å². The Kier molecular flexibility index (Phi) is 6.00.